The monoisotopic (exact) mass is 183 g/mol. The largest absolute Gasteiger partial charge is 0.351 e. The van der Waals surface area contributed by atoms with Gasteiger partial charge in [-0.3, -0.25) is 4.79 Å². The van der Waals surface area contributed by atoms with Gasteiger partial charge in [0.25, 0.3) is 0 Å². The number of carbonyl (C=O) groups excluding carboxylic acids is 1. The van der Waals surface area contributed by atoms with Crippen LogP contribution in [-0.4, -0.2) is 11.4 Å². The zero-order valence-electron chi connectivity index (χ0n) is 9.40. The Morgan fingerprint density at radius 3 is 2.23 bits per heavy atom. The summed E-state index contributed by atoms with van der Waals surface area (Å²) in [6.07, 6.45) is 3.50. The van der Waals surface area contributed by atoms with Crippen molar-refractivity contribution in [3.8, 4) is 0 Å². The molecule has 13 heavy (non-hydrogen) atoms. The molecule has 0 rings (SSSR count). The highest BCUT2D eigenvalue weighted by Gasteiger charge is 2.13. The first-order valence-corrected chi connectivity index (χ1v) is 4.84. The van der Waals surface area contributed by atoms with Gasteiger partial charge in [0.15, 0.2) is 0 Å². The second-order valence-electron chi connectivity index (χ2n) is 4.28. The number of rotatable bonds is 3. The Kier molecular flexibility index (Phi) is 4.74. The predicted molar refractivity (Wildman–Crippen MR) is 56.6 cm³/mol. The second kappa shape index (κ2) is 5.05. The molecule has 0 unspecified atom stereocenters. The summed E-state index contributed by atoms with van der Waals surface area (Å²) >= 11 is 0. The van der Waals surface area contributed by atoms with Crippen molar-refractivity contribution < 1.29 is 4.79 Å². The highest BCUT2D eigenvalue weighted by Crippen LogP contribution is 2.07. The molecule has 0 heterocycles. The maximum Gasteiger partial charge on any atom is 0.224 e. The molecular formula is C11H21NO. The van der Waals surface area contributed by atoms with Gasteiger partial charge in [-0.25, -0.2) is 0 Å². The number of hydrogen-bond acceptors (Lipinski definition) is 1. The van der Waals surface area contributed by atoms with Crippen molar-refractivity contribution in [2.45, 2.75) is 53.0 Å². The second-order valence-corrected chi connectivity index (χ2v) is 4.28. The van der Waals surface area contributed by atoms with Crippen LogP contribution in [0.5, 0.6) is 0 Å². The highest BCUT2D eigenvalue weighted by molar-refractivity contribution is 5.79. The molecule has 0 saturated carbocycles. The summed E-state index contributed by atoms with van der Waals surface area (Å²) in [5, 5.41) is 2.94. The lowest BCUT2D eigenvalue weighted by Gasteiger charge is -2.20. The van der Waals surface area contributed by atoms with Crippen LogP contribution < -0.4 is 5.32 Å². The van der Waals surface area contributed by atoms with E-state index in [-0.39, 0.29) is 11.4 Å². The van der Waals surface area contributed by atoms with Gasteiger partial charge in [0.05, 0.1) is 0 Å². The van der Waals surface area contributed by atoms with Crippen LogP contribution in [-0.2, 0) is 4.79 Å². The van der Waals surface area contributed by atoms with Gasteiger partial charge in [-0.1, -0.05) is 18.6 Å². The van der Waals surface area contributed by atoms with Crippen molar-refractivity contribution in [3.63, 3.8) is 0 Å². The molecule has 0 radical (unpaired) electrons. The summed E-state index contributed by atoms with van der Waals surface area (Å²) in [5.41, 5.74) is 1.07. The van der Waals surface area contributed by atoms with E-state index < -0.39 is 0 Å². The molecule has 2 nitrogen and oxygen atoms in total. The summed E-state index contributed by atoms with van der Waals surface area (Å²) in [6.45, 7) is 10.0. The number of amides is 1. The Bertz CT molecular complexity index is 199. The molecule has 0 aromatic heterocycles. The quantitative estimate of drug-likeness (QED) is 0.670. The average Bonchev–Trinajstić information content (AvgIpc) is 1.96. The molecular weight excluding hydrogens is 162 g/mol. The minimum Gasteiger partial charge on any atom is -0.351 e. The average molecular weight is 183 g/mol. The van der Waals surface area contributed by atoms with E-state index in [2.05, 4.69) is 12.2 Å². The summed E-state index contributed by atoms with van der Waals surface area (Å²) in [6, 6.07) is 0. The van der Waals surface area contributed by atoms with Crippen LogP contribution in [0.25, 0.3) is 0 Å². The van der Waals surface area contributed by atoms with E-state index in [4.69, 9.17) is 0 Å². The number of allylic oxidation sites excluding steroid dienone is 1. The SMILES string of the molecule is C/C=C(\CC)CC(=O)NC(C)(C)C. The Hall–Kier alpha value is -0.790. The van der Waals surface area contributed by atoms with E-state index in [0.29, 0.717) is 6.42 Å². The third-order valence-electron chi connectivity index (χ3n) is 1.76. The molecule has 0 bridgehead atoms. The number of hydrogen-bond donors (Lipinski definition) is 1. The van der Waals surface area contributed by atoms with Crippen molar-refractivity contribution in [2.75, 3.05) is 0 Å². The predicted octanol–water partition coefficient (Wildman–Crippen LogP) is 2.65. The van der Waals surface area contributed by atoms with Gasteiger partial charge in [-0.05, 0) is 34.1 Å². The zero-order valence-corrected chi connectivity index (χ0v) is 9.40. The van der Waals surface area contributed by atoms with Crippen molar-refractivity contribution in [1.29, 1.82) is 0 Å². The van der Waals surface area contributed by atoms with Gasteiger partial charge in [-0.15, -0.1) is 0 Å². The number of carbonyl (C=O) groups is 1. The summed E-state index contributed by atoms with van der Waals surface area (Å²) in [4.78, 5) is 11.4. The van der Waals surface area contributed by atoms with E-state index in [1.807, 2.05) is 33.8 Å². The molecule has 0 aromatic rings. The summed E-state index contributed by atoms with van der Waals surface area (Å²) in [7, 11) is 0. The summed E-state index contributed by atoms with van der Waals surface area (Å²) in [5.74, 6) is 0.113. The molecule has 0 saturated heterocycles. The molecule has 1 amide bonds. The fourth-order valence-electron chi connectivity index (χ4n) is 1.10. The van der Waals surface area contributed by atoms with Crippen molar-refractivity contribution in [3.05, 3.63) is 11.6 Å². The van der Waals surface area contributed by atoms with Crippen LogP contribution in [0.4, 0.5) is 0 Å². The minimum atomic E-state index is -0.121. The first kappa shape index (κ1) is 12.2. The van der Waals surface area contributed by atoms with Crippen molar-refractivity contribution >= 4 is 5.91 Å². The lowest BCUT2D eigenvalue weighted by Crippen LogP contribution is -2.40. The third-order valence-corrected chi connectivity index (χ3v) is 1.76. The van der Waals surface area contributed by atoms with Gasteiger partial charge in [0.2, 0.25) is 5.91 Å². The van der Waals surface area contributed by atoms with Crippen LogP contribution in [0.15, 0.2) is 11.6 Å². The van der Waals surface area contributed by atoms with E-state index in [9.17, 15) is 4.79 Å². The maximum atomic E-state index is 11.4. The Morgan fingerprint density at radius 1 is 1.38 bits per heavy atom. The van der Waals surface area contributed by atoms with Gasteiger partial charge in [0.1, 0.15) is 0 Å². The number of nitrogens with one attached hydrogen (secondary N) is 1. The van der Waals surface area contributed by atoms with Gasteiger partial charge in [0, 0.05) is 12.0 Å². The van der Waals surface area contributed by atoms with Gasteiger partial charge >= 0.3 is 0 Å². The Morgan fingerprint density at radius 2 is 1.92 bits per heavy atom. The highest BCUT2D eigenvalue weighted by atomic mass is 16.1. The molecule has 0 spiro atoms. The third kappa shape index (κ3) is 6.38. The lowest BCUT2D eigenvalue weighted by molar-refractivity contribution is -0.121. The van der Waals surface area contributed by atoms with Crippen LogP contribution >= 0.6 is 0 Å². The molecule has 0 aliphatic carbocycles. The van der Waals surface area contributed by atoms with E-state index in [1.54, 1.807) is 0 Å². The molecule has 0 atom stereocenters. The molecule has 0 fully saturated rings. The lowest BCUT2D eigenvalue weighted by atomic mass is 10.1. The fourth-order valence-corrected chi connectivity index (χ4v) is 1.10. The maximum absolute atomic E-state index is 11.4. The molecule has 0 aromatic carbocycles. The Labute approximate surface area is 81.4 Å². The van der Waals surface area contributed by atoms with E-state index in [1.165, 1.54) is 5.57 Å². The van der Waals surface area contributed by atoms with Gasteiger partial charge in [-0.2, -0.15) is 0 Å². The van der Waals surface area contributed by atoms with Crippen molar-refractivity contribution in [1.82, 2.24) is 5.32 Å². The van der Waals surface area contributed by atoms with Gasteiger partial charge < -0.3 is 5.32 Å². The van der Waals surface area contributed by atoms with Crippen LogP contribution in [0.1, 0.15) is 47.5 Å². The van der Waals surface area contributed by atoms with E-state index in [0.717, 1.165) is 6.42 Å². The molecule has 0 aliphatic rings. The topological polar surface area (TPSA) is 29.1 Å². The van der Waals surface area contributed by atoms with Crippen molar-refractivity contribution in [2.24, 2.45) is 0 Å². The first-order valence-electron chi connectivity index (χ1n) is 4.84. The smallest absolute Gasteiger partial charge is 0.224 e. The molecule has 2 heteroatoms. The normalized spacial score (nSPS) is 12.8. The minimum absolute atomic E-state index is 0.113. The standard InChI is InChI=1S/C11H21NO/c1-6-9(7-2)8-10(13)12-11(3,4)5/h6H,7-8H2,1-5H3,(H,12,13)/b9-6+. The first-order chi connectivity index (χ1) is 5.89. The molecule has 1 N–H and O–H groups in total. The fraction of sp³-hybridized carbons (Fsp3) is 0.727. The summed E-state index contributed by atoms with van der Waals surface area (Å²) < 4.78 is 0. The van der Waals surface area contributed by atoms with Crippen LogP contribution in [0.3, 0.4) is 0 Å². The van der Waals surface area contributed by atoms with Crippen LogP contribution in [0, 0.1) is 0 Å². The van der Waals surface area contributed by atoms with E-state index >= 15 is 0 Å². The Balaban J connectivity index is 4.02. The molecule has 76 valence electrons. The van der Waals surface area contributed by atoms with Crippen LogP contribution in [0.2, 0.25) is 0 Å². The zero-order chi connectivity index (χ0) is 10.5. The molecule has 0 aliphatic heterocycles.